The molecule has 0 bridgehead atoms. The minimum absolute atomic E-state index is 0.215. The molecule has 0 aliphatic carbocycles. The Kier molecular flexibility index (Phi) is 8.05. The molecule has 0 fully saturated rings. The van der Waals surface area contributed by atoms with Crippen molar-refractivity contribution in [1.82, 2.24) is 0 Å². The number of hydrogen-bond acceptors (Lipinski definition) is 4. The van der Waals surface area contributed by atoms with Crippen LogP contribution in [0.15, 0.2) is 28.7 Å². The number of halogens is 1. The topological polar surface area (TPSA) is 50.7 Å². The second kappa shape index (κ2) is 9.31. The van der Waals surface area contributed by atoms with Gasteiger partial charge in [0.05, 0.1) is 32.0 Å². The molecular weight excluding hydrogens is 310 g/mol. The van der Waals surface area contributed by atoms with E-state index in [1.165, 1.54) is 0 Å². The molecule has 0 aliphatic heterocycles. The third-order valence-electron chi connectivity index (χ3n) is 2.36. The van der Waals surface area contributed by atoms with Crippen molar-refractivity contribution in [2.45, 2.75) is 26.1 Å². The Hall–Kier alpha value is -0.620. The molecule has 0 saturated carbocycles. The highest BCUT2D eigenvalue weighted by Gasteiger charge is 2.04. The molecule has 1 aromatic rings. The fraction of sp³-hybridized carbons (Fsp3) is 0.571. The van der Waals surface area contributed by atoms with E-state index in [0.29, 0.717) is 26.4 Å². The first kappa shape index (κ1) is 16.4. The fourth-order valence-corrected chi connectivity index (χ4v) is 1.85. The molecule has 0 aromatic heterocycles. The first-order valence-electron chi connectivity index (χ1n) is 6.45. The number of benzene rings is 1. The molecule has 2 N–H and O–H groups in total. The number of ether oxygens (including phenoxy) is 2. The average Bonchev–Trinajstić information content (AvgIpc) is 2.35. The lowest BCUT2D eigenvalue weighted by molar-refractivity contribution is -0.00734. The molecule has 4 nitrogen and oxygen atoms in total. The maximum absolute atomic E-state index is 9.75. The summed E-state index contributed by atoms with van der Waals surface area (Å²) in [7, 11) is 0. The summed E-state index contributed by atoms with van der Waals surface area (Å²) in [5.41, 5.74) is 0.969. The van der Waals surface area contributed by atoms with Crippen molar-refractivity contribution in [1.29, 1.82) is 0 Å². The van der Waals surface area contributed by atoms with Gasteiger partial charge in [-0.05, 0) is 32.0 Å². The molecule has 1 aromatic carbocycles. The van der Waals surface area contributed by atoms with Gasteiger partial charge >= 0.3 is 0 Å². The van der Waals surface area contributed by atoms with Crippen molar-refractivity contribution in [2.75, 3.05) is 31.7 Å². The van der Waals surface area contributed by atoms with Gasteiger partial charge in [0.25, 0.3) is 0 Å². The number of hydrogen-bond donors (Lipinski definition) is 2. The van der Waals surface area contributed by atoms with Gasteiger partial charge < -0.3 is 19.9 Å². The van der Waals surface area contributed by atoms with E-state index in [4.69, 9.17) is 9.47 Å². The summed E-state index contributed by atoms with van der Waals surface area (Å²) >= 11 is 3.40. The zero-order valence-corrected chi connectivity index (χ0v) is 13.0. The minimum Gasteiger partial charge on any atom is -0.389 e. The first-order valence-corrected chi connectivity index (χ1v) is 7.24. The normalized spacial score (nSPS) is 12.7. The molecule has 1 unspecified atom stereocenters. The van der Waals surface area contributed by atoms with Crippen molar-refractivity contribution < 1.29 is 14.6 Å². The van der Waals surface area contributed by atoms with Crippen molar-refractivity contribution in [3.8, 4) is 0 Å². The van der Waals surface area contributed by atoms with Crippen LogP contribution in [0.5, 0.6) is 0 Å². The third kappa shape index (κ3) is 8.21. The predicted molar refractivity (Wildman–Crippen MR) is 80.5 cm³/mol. The van der Waals surface area contributed by atoms with Gasteiger partial charge in [-0.3, -0.25) is 0 Å². The molecule has 0 radical (unpaired) electrons. The van der Waals surface area contributed by atoms with E-state index in [1.54, 1.807) is 0 Å². The summed E-state index contributed by atoms with van der Waals surface area (Å²) in [6.07, 6.45) is -0.315. The van der Waals surface area contributed by atoms with Crippen LogP contribution in [-0.2, 0) is 9.47 Å². The molecule has 1 atom stereocenters. The Labute approximate surface area is 123 Å². The number of rotatable bonds is 9. The number of anilines is 1. The van der Waals surface area contributed by atoms with E-state index in [2.05, 4.69) is 21.2 Å². The average molecular weight is 332 g/mol. The molecule has 0 aliphatic rings. The van der Waals surface area contributed by atoms with E-state index >= 15 is 0 Å². The summed E-state index contributed by atoms with van der Waals surface area (Å²) in [6.45, 7) is 5.80. The number of nitrogens with one attached hydrogen (secondary N) is 1. The first-order chi connectivity index (χ1) is 9.08. The van der Waals surface area contributed by atoms with Crippen molar-refractivity contribution in [2.24, 2.45) is 0 Å². The number of aliphatic hydroxyl groups is 1. The Balaban J connectivity index is 2.09. The highest BCUT2D eigenvalue weighted by Crippen LogP contribution is 2.15. The predicted octanol–water partition coefficient (Wildman–Crippen LogP) is 2.66. The van der Waals surface area contributed by atoms with Gasteiger partial charge in [-0.25, -0.2) is 0 Å². The zero-order valence-electron chi connectivity index (χ0n) is 11.4. The maximum atomic E-state index is 9.75. The molecular formula is C14H22BrNO3. The van der Waals surface area contributed by atoms with E-state index in [0.717, 1.165) is 10.2 Å². The van der Waals surface area contributed by atoms with Gasteiger partial charge in [-0.15, -0.1) is 0 Å². The van der Waals surface area contributed by atoms with E-state index in [-0.39, 0.29) is 6.10 Å². The quantitative estimate of drug-likeness (QED) is 0.683. The van der Waals surface area contributed by atoms with E-state index < -0.39 is 6.10 Å². The van der Waals surface area contributed by atoms with Gasteiger partial charge in [0.2, 0.25) is 0 Å². The SMILES string of the molecule is CC(C)OCCOCC(O)CNc1cccc(Br)c1. The second-order valence-electron chi connectivity index (χ2n) is 4.54. The minimum atomic E-state index is -0.530. The maximum Gasteiger partial charge on any atom is 0.0945 e. The van der Waals surface area contributed by atoms with E-state index in [1.807, 2.05) is 38.1 Å². The summed E-state index contributed by atoms with van der Waals surface area (Å²) in [5.74, 6) is 0. The van der Waals surface area contributed by atoms with Crippen LogP contribution in [-0.4, -0.2) is 43.7 Å². The van der Waals surface area contributed by atoms with Crippen molar-refractivity contribution in [3.63, 3.8) is 0 Å². The van der Waals surface area contributed by atoms with Crippen LogP contribution >= 0.6 is 15.9 Å². The summed E-state index contributed by atoms with van der Waals surface area (Å²) in [6, 6.07) is 7.82. The lowest BCUT2D eigenvalue weighted by Gasteiger charge is -2.14. The van der Waals surface area contributed by atoms with Crippen LogP contribution in [0.1, 0.15) is 13.8 Å². The summed E-state index contributed by atoms with van der Waals surface area (Å²) in [4.78, 5) is 0. The molecule has 0 heterocycles. The number of aliphatic hydroxyl groups excluding tert-OH is 1. The largest absolute Gasteiger partial charge is 0.389 e. The summed E-state index contributed by atoms with van der Waals surface area (Å²) < 4.78 is 11.7. The van der Waals surface area contributed by atoms with Gasteiger partial charge in [-0.1, -0.05) is 22.0 Å². The van der Waals surface area contributed by atoms with Crippen LogP contribution in [0, 0.1) is 0 Å². The standard InChI is InChI=1S/C14H22BrNO3/c1-11(2)19-7-6-18-10-14(17)9-16-13-5-3-4-12(15)8-13/h3-5,8,11,14,16-17H,6-7,9-10H2,1-2H3. The molecule has 1 rings (SSSR count). The van der Waals surface area contributed by atoms with Crippen LogP contribution in [0.4, 0.5) is 5.69 Å². The fourth-order valence-electron chi connectivity index (χ4n) is 1.46. The van der Waals surface area contributed by atoms with Gasteiger partial charge in [-0.2, -0.15) is 0 Å². The van der Waals surface area contributed by atoms with E-state index in [9.17, 15) is 5.11 Å². The summed E-state index contributed by atoms with van der Waals surface area (Å²) in [5, 5.41) is 12.9. The van der Waals surface area contributed by atoms with Crippen LogP contribution in [0.25, 0.3) is 0 Å². The van der Waals surface area contributed by atoms with Gasteiger partial charge in [0.1, 0.15) is 0 Å². The molecule has 0 spiro atoms. The van der Waals surface area contributed by atoms with Crippen molar-refractivity contribution in [3.05, 3.63) is 28.7 Å². The highest BCUT2D eigenvalue weighted by molar-refractivity contribution is 9.10. The smallest absolute Gasteiger partial charge is 0.0945 e. The monoisotopic (exact) mass is 331 g/mol. The Morgan fingerprint density at radius 1 is 1.32 bits per heavy atom. The highest BCUT2D eigenvalue weighted by atomic mass is 79.9. The zero-order chi connectivity index (χ0) is 14.1. The lowest BCUT2D eigenvalue weighted by Crippen LogP contribution is -2.25. The molecule has 0 saturated heterocycles. The Morgan fingerprint density at radius 3 is 2.79 bits per heavy atom. The molecule has 19 heavy (non-hydrogen) atoms. The van der Waals surface area contributed by atoms with Gasteiger partial charge in [0.15, 0.2) is 0 Å². The van der Waals surface area contributed by atoms with Crippen LogP contribution in [0.3, 0.4) is 0 Å². The van der Waals surface area contributed by atoms with Crippen molar-refractivity contribution >= 4 is 21.6 Å². The molecule has 0 amide bonds. The third-order valence-corrected chi connectivity index (χ3v) is 2.85. The Bertz CT molecular complexity index is 360. The Morgan fingerprint density at radius 2 is 2.11 bits per heavy atom. The second-order valence-corrected chi connectivity index (χ2v) is 5.46. The van der Waals surface area contributed by atoms with Crippen LogP contribution < -0.4 is 5.32 Å². The van der Waals surface area contributed by atoms with Gasteiger partial charge in [0, 0.05) is 16.7 Å². The molecule has 108 valence electrons. The van der Waals surface area contributed by atoms with Crippen LogP contribution in [0.2, 0.25) is 0 Å². The molecule has 5 heteroatoms. The lowest BCUT2D eigenvalue weighted by atomic mass is 10.3.